The van der Waals surface area contributed by atoms with Gasteiger partial charge in [-0.05, 0) is 49.6 Å². The summed E-state index contributed by atoms with van der Waals surface area (Å²) in [5, 5.41) is 2.70. The van der Waals surface area contributed by atoms with E-state index in [4.69, 9.17) is 16.3 Å². The molecule has 0 spiro atoms. The monoisotopic (exact) mass is 502 g/mol. The molecule has 1 unspecified atom stereocenters. The van der Waals surface area contributed by atoms with Gasteiger partial charge in [-0.15, -0.1) is 11.3 Å². The molecular formula is C22H28ClFN2O4S2. The molecule has 32 heavy (non-hydrogen) atoms. The van der Waals surface area contributed by atoms with Gasteiger partial charge >= 0.3 is 6.09 Å². The summed E-state index contributed by atoms with van der Waals surface area (Å²) in [5.41, 5.74) is 0.937. The van der Waals surface area contributed by atoms with E-state index in [2.05, 4.69) is 19.2 Å². The van der Waals surface area contributed by atoms with E-state index in [0.29, 0.717) is 20.5 Å². The van der Waals surface area contributed by atoms with E-state index in [0.717, 1.165) is 24.3 Å². The molecule has 2 aromatic rings. The van der Waals surface area contributed by atoms with Gasteiger partial charge in [-0.25, -0.2) is 9.18 Å². The zero-order valence-corrected chi connectivity index (χ0v) is 20.7. The number of anilines is 1. The maximum Gasteiger partial charge on any atom is 0.414 e. The van der Waals surface area contributed by atoms with Gasteiger partial charge in [-0.3, -0.25) is 13.9 Å². The number of hydrogen-bond acceptors (Lipinski definition) is 5. The van der Waals surface area contributed by atoms with E-state index in [-0.39, 0.29) is 24.8 Å². The molecule has 0 radical (unpaired) electrons. The first-order chi connectivity index (χ1) is 15.2. The van der Waals surface area contributed by atoms with E-state index in [1.807, 2.05) is 0 Å². The first kappa shape index (κ1) is 26.3. The SMILES string of the molecule is CCCS(=O)CCC.Cc1ccc(N2CC(CNC(=O)c3ccc(Cl)s3)OC2=O)cc1F. The number of cyclic esters (lactones) is 1. The number of amides is 2. The molecule has 1 aromatic heterocycles. The molecule has 2 heterocycles. The number of nitrogens with one attached hydrogen (secondary N) is 1. The van der Waals surface area contributed by atoms with Crippen LogP contribution in [0.15, 0.2) is 30.3 Å². The quantitative estimate of drug-likeness (QED) is 0.541. The third kappa shape index (κ3) is 7.86. The summed E-state index contributed by atoms with van der Waals surface area (Å²) in [6, 6.07) is 7.84. The molecule has 0 aliphatic carbocycles. The van der Waals surface area contributed by atoms with Crippen LogP contribution in [0, 0.1) is 12.7 Å². The molecule has 0 saturated carbocycles. The zero-order valence-electron chi connectivity index (χ0n) is 18.4. The lowest BCUT2D eigenvalue weighted by Crippen LogP contribution is -2.34. The number of hydrogen-bond donors (Lipinski definition) is 1. The van der Waals surface area contributed by atoms with Gasteiger partial charge in [0.15, 0.2) is 0 Å². The molecule has 1 saturated heterocycles. The second-order valence-electron chi connectivity index (χ2n) is 7.21. The zero-order chi connectivity index (χ0) is 23.7. The molecule has 10 heteroatoms. The standard InChI is InChI=1S/C16H14ClFN2O3S.C6H14OS/c1-9-2-3-10(6-12(9)18)20-8-11(23-16(20)22)7-19-15(21)13-4-5-14(17)24-13;1-3-5-8(7)6-4-2/h2-6,11H,7-8H2,1H3,(H,19,21);3-6H2,1-2H3. The second-order valence-corrected chi connectivity index (χ2v) is 10.6. The molecule has 1 fully saturated rings. The summed E-state index contributed by atoms with van der Waals surface area (Å²) < 4.78 is 30.2. The average Bonchev–Trinajstić information content (AvgIpc) is 3.35. The van der Waals surface area contributed by atoms with E-state index < -0.39 is 23.0 Å². The summed E-state index contributed by atoms with van der Waals surface area (Å²) in [7, 11) is -0.520. The van der Waals surface area contributed by atoms with Crippen LogP contribution in [0.2, 0.25) is 4.34 Å². The van der Waals surface area contributed by atoms with Crippen molar-refractivity contribution in [3.8, 4) is 0 Å². The minimum Gasteiger partial charge on any atom is -0.442 e. The molecule has 1 aromatic carbocycles. The van der Waals surface area contributed by atoms with Crippen LogP contribution in [0.5, 0.6) is 0 Å². The molecule has 1 aliphatic rings. The van der Waals surface area contributed by atoms with Crippen LogP contribution < -0.4 is 10.2 Å². The minimum atomic E-state index is -0.559. The second kappa shape index (κ2) is 12.9. The van der Waals surface area contributed by atoms with Crippen LogP contribution >= 0.6 is 22.9 Å². The van der Waals surface area contributed by atoms with Gasteiger partial charge in [0.1, 0.15) is 11.9 Å². The molecular weight excluding hydrogens is 475 g/mol. The van der Waals surface area contributed by atoms with Crippen molar-refractivity contribution in [3.63, 3.8) is 0 Å². The maximum atomic E-state index is 13.7. The highest BCUT2D eigenvalue weighted by Crippen LogP contribution is 2.24. The number of ether oxygens (including phenoxy) is 1. The predicted molar refractivity (Wildman–Crippen MR) is 129 cm³/mol. The lowest BCUT2D eigenvalue weighted by Gasteiger charge is -2.13. The van der Waals surface area contributed by atoms with Crippen LogP contribution in [0.4, 0.5) is 14.9 Å². The predicted octanol–water partition coefficient (Wildman–Crippen LogP) is 5.16. The summed E-state index contributed by atoms with van der Waals surface area (Å²) in [5.74, 6) is 1.11. The van der Waals surface area contributed by atoms with E-state index in [9.17, 15) is 18.2 Å². The summed E-state index contributed by atoms with van der Waals surface area (Å²) >= 11 is 6.97. The summed E-state index contributed by atoms with van der Waals surface area (Å²) in [6.45, 7) is 6.19. The van der Waals surface area contributed by atoms with E-state index >= 15 is 0 Å². The third-order valence-corrected chi connectivity index (χ3v) is 7.45. The van der Waals surface area contributed by atoms with E-state index in [1.165, 1.54) is 22.3 Å². The smallest absolute Gasteiger partial charge is 0.414 e. The van der Waals surface area contributed by atoms with Crippen molar-refractivity contribution in [2.24, 2.45) is 0 Å². The van der Waals surface area contributed by atoms with Gasteiger partial charge < -0.3 is 10.1 Å². The number of nitrogens with zero attached hydrogens (tertiary/aromatic N) is 1. The van der Waals surface area contributed by atoms with Crippen molar-refractivity contribution in [1.29, 1.82) is 0 Å². The Morgan fingerprint density at radius 2 is 1.97 bits per heavy atom. The number of rotatable bonds is 8. The summed E-state index contributed by atoms with van der Waals surface area (Å²) in [6.07, 6.45) is 1.04. The fourth-order valence-electron chi connectivity index (χ4n) is 2.88. The molecule has 2 amide bonds. The highest BCUT2D eigenvalue weighted by atomic mass is 35.5. The molecule has 1 aliphatic heterocycles. The van der Waals surface area contributed by atoms with Gasteiger partial charge in [-0.2, -0.15) is 0 Å². The van der Waals surface area contributed by atoms with Crippen molar-refractivity contribution in [2.45, 2.75) is 39.7 Å². The number of benzene rings is 1. The lowest BCUT2D eigenvalue weighted by atomic mass is 10.2. The number of aryl methyl sites for hydroxylation is 1. The topological polar surface area (TPSA) is 75.7 Å². The van der Waals surface area contributed by atoms with Crippen LogP contribution in [-0.4, -0.2) is 46.9 Å². The van der Waals surface area contributed by atoms with Crippen LogP contribution in [-0.2, 0) is 15.5 Å². The van der Waals surface area contributed by atoms with Crippen LogP contribution in [0.1, 0.15) is 41.9 Å². The molecule has 3 rings (SSSR count). The number of carbonyl (C=O) groups excluding carboxylic acids is 2. The third-order valence-electron chi connectivity index (χ3n) is 4.49. The molecule has 0 bridgehead atoms. The first-order valence-corrected chi connectivity index (χ1v) is 13.1. The Balaban J connectivity index is 0.000000390. The van der Waals surface area contributed by atoms with Crippen molar-refractivity contribution in [3.05, 3.63) is 50.9 Å². The molecule has 1 atom stereocenters. The van der Waals surface area contributed by atoms with Crippen molar-refractivity contribution in [2.75, 3.05) is 29.5 Å². The average molecular weight is 503 g/mol. The van der Waals surface area contributed by atoms with Crippen LogP contribution in [0.25, 0.3) is 0 Å². The fraction of sp³-hybridized carbons (Fsp3) is 0.455. The van der Waals surface area contributed by atoms with Crippen molar-refractivity contribution >= 4 is 51.4 Å². The fourth-order valence-corrected chi connectivity index (χ4v) is 4.95. The largest absolute Gasteiger partial charge is 0.442 e. The highest BCUT2D eigenvalue weighted by Gasteiger charge is 2.32. The minimum absolute atomic E-state index is 0.172. The Kier molecular flexibility index (Phi) is 10.6. The number of halogens is 2. The Morgan fingerprint density at radius 1 is 1.28 bits per heavy atom. The molecule has 1 N–H and O–H groups in total. The van der Waals surface area contributed by atoms with Gasteiger partial charge in [-0.1, -0.05) is 31.5 Å². The van der Waals surface area contributed by atoms with Gasteiger partial charge in [0, 0.05) is 22.3 Å². The van der Waals surface area contributed by atoms with Crippen molar-refractivity contribution in [1.82, 2.24) is 5.32 Å². The van der Waals surface area contributed by atoms with Crippen molar-refractivity contribution < 1.29 is 22.9 Å². The summed E-state index contributed by atoms with van der Waals surface area (Å²) in [4.78, 5) is 25.8. The van der Waals surface area contributed by atoms with Gasteiger partial charge in [0.25, 0.3) is 5.91 Å². The Morgan fingerprint density at radius 3 is 2.53 bits per heavy atom. The van der Waals surface area contributed by atoms with E-state index in [1.54, 1.807) is 31.2 Å². The number of carbonyl (C=O) groups is 2. The Hall–Kier alpha value is -1.97. The Bertz CT molecular complexity index is 946. The molecule has 176 valence electrons. The number of thiophene rings is 1. The normalized spacial score (nSPS) is 15.4. The van der Waals surface area contributed by atoms with Gasteiger partial charge in [0.2, 0.25) is 0 Å². The highest BCUT2D eigenvalue weighted by molar-refractivity contribution is 7.84. The van der Waals surface area contributed by atoms with Gasteiger partial charge in [0.05, 0.1) is 28.0 Å². The molecule has 6 nitrogen and oxygen atoms in total. The maximum absolute atomic E-state index is 13.7. The first-order valence-electron chi connectivity index (χ1n) is 10.4. The lowest BCUT2D eigenvalue weighted by molar-refractivity contribution is 0.0920. The Labute approximate surface area is 199 Å². The van der Waals surface area contributed by atoms with Crippen LogP contribution in [0.3, 0.4) is 0 Å².